The Balaban J connectivity index is 1.70. The number of benzene rings is 2. The van der Waals surface area contributed by atoms with Gasteiger partial charge in [0.15, 0.2) is 6.10 Å². The van der Waals surface area contributed by atoms with Crippen LogP contribution in [-0.2, 0) is 19.6 Å². The molecule has 0 bridgehead atoms. The van der Waals surface area contributed by atoms with Gasteiger partial charge in [-0.15, -0.1) is 0 Å². The maximum absolute atomic E-state index is 13.0. The number of ether oxygens (including phenoxy) is 1. The SMILES string of the molecule is C[C@@H](OC(=O)c1cccc(S(=O)(=O)Nc2ccc(F)cc2)c1)C(=O)NC1CC1. The Morgan fingerprint density at radius 3 is 2.46 bits per heavy atom. The molecule has 1 atom stereocenters. The van der Waals surface area contributed by atoms with Crippen molar-refractivity contribution in [1.29, 1.82) is 0 Å². The van der Waals surface area contributed by atoms with Crippen LogP contribution in [0.5, 0.6) is 0 Å². The van der Waals surface area contributed by atoms with E-state index < -0.39 is 33.8 Å². The summed E-state index contributed by atoms with van der Waals surface area (Å²) >= 11 is 0. The Morgan fingerprint density at radius 1 is 1.14 bits per heavy atom. The maximum atomic E-state index is 13.0. The fraction of sp³-hybridized carbons (Fsp3) is 0.263. The summed E-state index contributed by atoms with van der Waals surface area (Å²) in [5, 5.41) is 2.73. The minimum atomic E-state index is -3.99. The van der Waals surface area contributed by atoms with Crippen LogP contribution in [0.1, 0.15) is 30.1 Å². The molecule has 148 valence electrons. The molecular formula is C19H19FN2O5S. The fourth-order valence-corrected chi connectivity index (χ4v) is 3.45. The van der Waals surface area contributed by atoms with Crippen molar-refractivity contribution in [1.82, 2.24) is 5.32 Å². The van der Waals surface area contributed by atoms with Gasteiger partial charge in [0.25, 0.3) is 15.9 Å². The summed E-state index contributed by atoms with van der Waals surface area (Å²) in [6, 6.07) is 10.2. The van der Waals surface area contributed by atoms with Crippen LogP contribution < -0.4 is 10.0 Å². The molecule has 1 fully saturated rings. The Hall–Kier alpha value is -2.94. The molecule has 1 amide bonds. The van der Waals surface area contributed by atoms with Crippen molar-refractivity contribution in [2.45, 2.75) is 36.8 Å². The van der Waals surface area contributed by atoms with Crippen LogP contribution in [0.3, 0.4) is 0 Å². The first kappa shape index (κ1) is 19.8. The average molecular weight is 406 g/mol. The van der Waals surface area contributed by atoms with E-state index in [1.807, 2.05) is 0 Å². The van der Waals surface area contributed by atoms with Crippen LogP contribution in [0, 0.1) is 5.82 Å². The lowest BCUT2D eigenvalue weighted by Crippen LogP contribution is -2.37. The van der Waals surface area contributed by atoms with E-state index in [-0.39, 0.29) is 22.2 Å². The number of amides is 1. The van der Waals surface area contributed by atoms with Gasteiger partial charge in [-0.05, 0) is 62.2 Å². The summed E-state index contributed by atoms with van der Waals surface area (Å²) in [6.45, 7) is 1.45. The number of rotatable bonds is 7. The highest BCUT2D eigenvalue weighted by Gasteiger charge is 2.27. The summed E-state index contributed by atoms with van der Waals surface area (Å²) < 4.78 is 45.4. The zero-order chi connectivity index (χ0) is 20.3. The number of anilines is 1. The Bertz CT molecular complexity index is 988. The molecule has 3 rings (SSSR count). The van der Waals surface area contributed by atoms with Gasteiger partial charge in [0.05, 0.1) is 10.5 Å². The number of hydrogen-bond acceptors (Lipinski definition) is 5. The number of hydrogen-bond donors (Lipinski definition) is 2. The molecule has 1 aliphatic rings. The number of carbonyl (C=O) groups excluding carboxylic acids is 2. The van der Waals surface area contributed by atoms with Crippen LogP contribution in [0.15, 0.2) is 53.4 Å². The number of carbonyl (C=O) groups is 2. The number of halogens is 1. The quantitative estimate of drug-likeness (QED) is 0.688. The van der Waals surface area contributed by atoms with Crippen molar-refractivity contribution in [2.24, 2.45) is 0 Å². The molecule has 0 saturated heterocycles. The van der Waals surface area contributed by atoms with Crippen molar-refractivity contribution < 1.29 is 27.1 Å². The third kappa shape index (κ3) is 5.07. The highest BCUT2D eigenvalue weighted by Crippen LogP contribution is 2.20. The van der Waals surface area contributed by atoms with Crippen molar-refractivity contribution >= 4 is 27.6 Å². The normalized spacial score (nSPS) is 14.8. The van der Waals surface area contributed by atoms with E-state index in [1.165, 1.54) is 37.3 Å². The van der Waals surface area contributed by atoms with Gasteiger partial charge in [0.2, 0.25) is 0 Å². The van der Waals surface area contributed by atoms with E-state index in [0.29, 0.717) is 0 Å². The molecule has 28 heavy (non-hydrogen) atoms. The molecule has 2 N–H and O–H groups in total. The molecular weight excluding hydrogens is 387 g/mol. The molecule has 2 aromatic carbocycles. The van der Waals surface area contributed by atoms with E-state index >= 15 is 0 Å². The van der Waals surface area contributed by atoms with Gasteiger partial charge in [0.1, 0.15) is 5.82 Å². The number of sulfonamides is 1. The van der Waals surface area contributed by atoms with Gasteiger partial charge in [0, 0.05) is 11.7 Å². The molecule has 0 heterocycles. The van der Waals surface area contributed by atoms with Crippen LogP contribution in [-0.4, -0.2) is 32.4 Å². The van der Waals surface area contributed by atoms with Crippen LogP contribution in [0.4, 0.5) is 10.1 Å². The first-order valence-electron chi connectivity index (χ1n) is 8.64. The van der Waals surface area contributed by atoms with E-state index in [0.717, 1.165) is 31.0 Å². The first-order chi connectivity index (χ1) is 13.2. The van der Waals surface area contributed by atoms with Crippen molar-refractivity contribution in [3.8, 4) is 0 Å². The number of nitrogens with one attached hydrogen (secondary N) is 2. The lowest BCUT2D eigenvalue weighted by Gasteiger charge is -2.14. The molecule has 0 aliphatic heterocycles. The number of esters is 1. The summed E-state index contributed by atoms with van der Waals surface area (Å²) in [5.74, 6) is -1.69. The van der Waals surface area contributed by atoms with E-state index in [2.05, 4.69) is 10.0 Å². The van der Waals surface area contributed by atoms with Gasteiger partial charge < -0.3 is 10.1 Å². The molecule has 7 nitrogen and oxygen atoms in total. The minimum absolute atomic E-state index is 0.00643. The summed E-state index contributed by atoms with van der Waals surface area (Å²) in [5.41, 5.74) is 0.174. The predicted octanol–water partition coefficient (Wildman–Crippen LogP) is 2.45. The largest absolute Gasteiger partial charge is 0.449 e. The summed E-state index contributed by atoms with van der Waals surface area (Å²) in [6.07, 6.45) is 0.825. The topological polar surface area (TPSA) is 102 Å². The van der Waals surface area contributed by atoms with Gasteiger partial charge in [-0.1, -0.05) is 6.07 Å². The first-order valence-corrected chi connectivity index (χ1v) is 10.1. The Labute approximate surface area is 161 Å². The van der Waals surface area contributed by atoms with Gasteiger partial charge >= 0.3 is 5.97 Å². The molecule has 0 aromatic heterocycles. The lowest BCUT2D eigenvalue weighted by atomic mass is 10.2. The molecule has 1 saturated carbocycles. The third-order valence-electron chi connectivity index (χ3n) is 4.05. The maximum Gasteiger partial charge on any atom is 0.338 e. The second kappa shape index (κ2) is 7.97. The average Bonchev–Trinajstić information content (AvgIpc) is 3.47. The second-order valence-corrected chi connectivity index (χ2v) is 8.15. The molecule has 0 spiro atoms. The van der Waals surface area contributed by atoms with Crippen molar-refractivity contribution in [3.63, 3.8) is 0 Å². The minimum Gasteiger partial charge on any atom is -0.449 e. The highest BCUT2D eigenvalue weighted by molar-refractivity contribution is 7.92. The highest BCUT2D eigenvalue weighted by atomic mass is 32.2. The van der Waals surface area contributed by atoms with Gasteiger partial charge in [-0.25, -0.2) is 17.6 Å². The summed E-state index contributed by atoms with van der Waals surface area (Å²) in [4.78, 5) is 24.0. The monoisotopic (exact) mass is 406 g/mol. The standard InChI is InChI=1S/C19H19FN2O5S/c1-12(18(23)21-15-9-10-15)27-19(24)13-3-2-4-17(11-13)28(25,26)22-16-7-5-14(20)6-8-16/h2-8,11-12,15,22H,9-10H2,1H3,(H,21,23)/t12-/m1/s1. The second-order valence-electron chi connectivity index (χ2n) is 6.47. The molecule has 0 unspecified atom stereocenters. The predicted molar refractivity (Wildman–Crippen MR) is 99.7 cm³/mol. The van der Waals surface area contributed by atoms with E-state index in [1.54, 1.807) is 0 Å². The zero-order valence-corrected chi connectivity index (χ0v) is 15.8. The smallest absolute Gasteiger partial charge is 0.338 e. The van der Waals surface area contributed by atoms with E-state index in [9.17, 15) is 22.4 Å². The zero-order valence-electron chi connectivity index (χ0n) is 15.0. The molecule has 1 aliphatic carbocycles. The van der Waals surface area contributed by atoms with Crippen LogP contribution in [0.25, 0.3) is 0 Å². The summed E-state index contributed by atoms with van der Waals surface area (Å²) in [7, 11) is -3.99. The van der Waals surface area contributed by atoms with Crippen molar-refractivity contribution in [2.75, 3.05) is 4.72 Å². The van der Waals surface area contributed by atoms with Gasteiger partial charge in [-0.3, -0.25) is 9.52 Å². The van der Waals surface area contributed by atoms with E-state index in [4.69, 9.17) is 4.74 Å². The van der Waals surface area contributed by atoms with Crippen LogP contribution >= 0.6 is 0 Å². The lowest BCUT2D eigenvalue weighted by molar-refractivity contribution is -0.129. The Kier molecular flexibility index (Phi) is 5.64. The van der Waals surface area contributed by atoms with Crippen molar-refractivity contribution in [3.05, 3.63) is 59.9 Å². The fourth-order valence-electron chi connectivity index (χ4n) is 2.35. The molecule has 0 radical (unpaired) electrons. The molecule has 2 aromatic rings. The van der Waals surface area contributed by atoms with Crippen LogP contribution in [0.2, 0.25) is 0 Å². The van der Waals surface area contributed by atoms with Gasteiger partial charge in [-0.2, -0.15) is 0 Å². The molecule has 9 heteroatoms. The Morgan fingerprint density at radius 2 is 1.82 bits per heavy atom. The third-order valence-corrected chi connectivity index (χ3v) is 5.43.